The van der Waals surface area contributed by atoms with E-state index >= 15 is 0 Å². The first kappa shape index (κ1) is 13.9. The summed E-state index contributed by atoms with van der Waals surface area (Å²) in [5.41, 5.74) is 2.56. The molecule has 0 spiro atoms. The Morgan fingerprint density at radius 1 is 1.33 bits per heavy atom. The molecule has 1 amide bonds. The van der Waals surface area contributed by atoms with Gasteiger partial charge in [-0.25, -0.2) is 0 Å². The van der Waals surface area contributed by atoms with E-state index in [0.29, 0.717) is 0 Å². The molecule has 110 valence electrons. The fraction of sp³-hybridized carbons (Fsp3) is 0.353. The molecule has 1 aromatic carbocycles. The van der Waals surface area contributed by atoms with Crippen molar-refractivity contribution in [2.24, 2.45) is 0 Å². The molecule has 4 heteroatoms. The van der Waals surface area contributed by atoms with Gasteiger partial charge in [0.05, 0.1) is 17.7 Å². The molecule has 21 heavy (non-hydrogen) atoms. The third kappa shape index (κ3) is 2.25. The van der Waals surface area contributed by atoms with E-state index in [1.165, 1.54) is 0 Å². The number of fused-ring (bicyclic) bond motifs is 1. The standard InChI is InChI=1S/C17H20N2O2/c1-4-18-15(14-6-5-9-21-14)11-7-8-13-12(10-11)17(2,3)16(20)19-13/h5-10,15,18H,4H2,1-3H3,(H,19,20). The van der Waals surface area contributed by atoms with Crippen LogP contribution in [0.1, 0.15) is 43.7 Å². The summed E-state index contributed by atoms with van der Waals surface area (Å²) in [5.74, 6) is 0.930. The van der Waals surface area contributed by atoms with Crippen molar-refractivity contribution in [3.8, 4) is 0 Å². The lowest BCUT2D eigenvalue weighted by Crippen LogP contribution is -2.27. The maximum atomic E-state index is 12.0. The van der Waals surface area contributed by atoms with Gasteiger partial charge in [-0.2, -0.15) is 0 Å². The number of nitrogens with one attached hydrogen (secondary N) is 2. The molecule has 3 rings (SSSR count). The molecule has 0 radical (unpaired) electrons. The molecular formula is C17H20N2O2. The van der Waals surface area contributed by atoms with Crippen molar-refractivity contribution in [1.82, 2.24) is 5.32 Å². The van der Waals surface area contributed by atoms with Gasteiger partial charge >= 0.3 is 0 Å². The SMILES string of the molecule is CCNC(c1ccc2c(c1)C(C)(C)C(=O)N2)c1ccco1. The zero-order chi connectivity index (χ0) is 15.0. The number of hydrogen-bond donors (Lipinski definition) is 2. The molecular weight excluding hydrogens is 264 g/mol. The number of carbonyl (C=O) groups is 1. The van der Waals surface area contributed by atoms with Crippen molar-refractivity contribution in [2.75, 3.05) is 11.9 Å². The lowest BCUT2D eigenvalue weighted by Gasteiger charge is -2.20. The summed E-state index contributed by atoms with van der Waals surface area (Å²) in [5, 5.41) is 6.37. The Morgan fingerprint density at radius 2 is 2.14 bits per heavy atom. The third-order valence-corrected chi connectivity index (χ3v) is 4.10. The van der Waals surface area contributed by atoms with Crippen molar-refractivity contribution < 1.29 is 9.21 Å². The molecule has 4 nitrogen and oxygen atoms in total. The highest BCUT2D eigenvalue weighted by molar-refractivity contribution is 6.05. The third-order valence-electron chi connectivity index (χ3n) is 4.10. The number of rotatable bonds is 4. The first-order valence-corrected chi connectivity index (χ1v) is 7.26. The molecule has 1 unspecified atom stereocenters. The van der Waals surface area contributed by atoms with E-state index in [2.05, 4.69) is 23.6 Å². The Labute approximate surface area is 124 Å². The van der Waals surface area contributed by atoms with Gasteiger partial charge in [0.2, 0.25) is 5.91 Å². The quantitative estimate of drug-likeness (QED) is 0.906. The largest absolute Gasteiger partial charge is 0.467 e. The van der Waals surface area contributed by atoms with Crippen molar-refractivity contribution in [2.45, 2.75) is 32.2 Å². The summed E-state index contributed by atoms with van der Waals surface area (Å²) in [6.07, 6.45) is 1.68. The van der Waals surface area contributed by atoms with E-state index in [0.717, 1.165) is 29.1 Å². The first-order valence-electron chi connectivity index (χ1n) is 7.26. The number of carbonyl (C=O) groups excluding carboxylic acids is 1. The predicted molar refractivity (Wildman–Crippen MR) is 82.3 cm³/mol. The highest BCUT2D eigenvalue weighted by Crippen LogP contribution is 2.39. The van der Waals surface area contributed by atoms with Crippen molar-refractivity contribution >= 4 is 11.6 Å². The van der Waals surface area contributed by atoms with Crippen LogP contribution in [0.5, 0.6) is 0 Å². The smallest absolute Gasteiger partial charge is 0.234 e. The number of benzene rings is 1. The molecule has 0 fully saturated rings. The van der Waals surface area contributed by atoms with Gasteiger partial charge in [-0.1, -0.05) is 19.1 Å². The molecule has 0 bridgehead atoms. The second-order valence-electron chi connectivity index (χ2n) is 5.89. The van der Waals surface area contributed by atoms with Crippen molar-refractivity contribution in [3.05, 3.63) is 53.5 Å². The van der Waals surface area contributed by atoms with Gasteiger partial charge in [0.25, 0.3) is 0 Å². The first-order chi connectivity index (χ1) is 10.0. The van der Waals surface area contributed by atoms with Crippen molar-refractivity contribution in [1.29, 1.82) is 0 Å². The van der Waals surface area contributed by atoms with Crippen LogP contribution in [-0.4, -0.2) is 12.5 Å². The molecule has 1 aliphatic heterocycles. The summed E-state index contributed by atoms with van der Waals surface area (Å²) in [7, 11) is 0. The molecule has 0 aliphatic carbocycles. The van der Waals surface area contributed by atoms with Crippen LogP contribution < -0.4 is 10.6 Å². The van der Waals surface area contributed by atoms with Crippen LogP contribution in [0, 0.1) is 0 Å². The zero-order valence-corrected chi connectivity index (χ0v) is 12.6. The Bertz CT molecular complexity index is 659. The maximum Gasteiger partial charge on any atom is 0.234 e. The highest BCUT2D eigenvalue weighted by Gasteiger charge is 2.38. The van der Waals surface area contributed by atoms with Gasteiger partial charge < -0.3 is 15.1 Å². The van der Waals surface area contributed by atoms with Crippen LogP contribution in [0.15, 0.2) is 41.0 Å². The summed E-state index contributed by atoms with van der Waals surface area (Å²) in [6, 6.07) is 9.98. The lowest BCUT2D eigenvalue weighted by atomic mass is 9.84. The van der Waals surface area contributed by atoms with E-state index in [1.54, 1.807) is 6.26 Å². The van der Waals surface area contributed by atoms with E-state index in [4.69, 9.17) is 4.42 Å². The van der Waals surface area contributed by atoms with Crippen LogP contribution in [0.2, 0.25) is 0 Å². The van der Waals surface area contributed by atoms with E-state index in [1.807, 2.05) is 38.1 Å². The Morgan fingerprint density at radius 3 is 2.81 bits per heavy atom. The predicted octanol–water partition coefficient (Wildman–Crippen LogP) is 3.21. The average molecular weight is 284 g/mol. The summed E-state index contributed by atoms with van der Waals surface area (Å²) < 4.78 is 5.55. The summed E-state index contributed by atoms with van der Waals surface area (Å²) >= 11 is 0. The van der Waals surface area contributed by atoms with Gasteiger partial charge in [0.15, 0.2) is 0 Å². The fourth-order valence-corrected chi connectivity index (χ4v) is 2.81. The Hall–Kier alpha value is -2.07. The molecule has 2 N–H and O–H groups in total. The minimum atomic E-state index is -0.495. The molecule has 2 aromatic rings. The maximum absolute atomic E-state index is 12.0. The van der Waals surface area contributed by atoms with Gasteiger partial charge in [0, 0.05) is 5.69 Å². The number of amides is 1. The Balaban J connectivity index is 2.04. The normalized spacial score (nSPS) is 17.4. The van der Waals surface area contributed by atoms with E-state index in [-0.39, 0.29) is 11.9 Å². The molecule has 1 aliphatic rings. The van der Waals surface area contributed by atoms with E-state index in [9.17, 15) is 4.79 Å². The monoisotopic (exact) mass is 284 g/mol. The van der Waals surface area contributed by atoms with Crippen LogP contribution in [0.3, 0.4) is 0 Å². The molecule has 1 atom stereocenters. The zero-order valence-electron chi connectivity index (χ0n) is 12.6. The average Bonchev–Trinajstić information content (AvgIpc) is 3.05. The van der Waals surface area contributed by atoms with Gasteiger partial charge in [-0.3, -0.25) is 4.79 Å². The molecule has 2 heterocycles. The van der Waals surface area contributed by atoms with Crippen LogP contribution in [0.4, 0.5) is 5.69 Å². The van der Waals surface area contributed by atoms with Crippen LogP contribution in [0.25, 0.3) is 0 Å². The molecule has 0 saturated carbocycles. The number of hydrogen-bond acceptors (Lipinski definition) is 3. The fourth-order valence-electron chi connectivity index (χ4n) is 2.81. The molecule has 1 aromatic heterocycles. The van der Waals surface area contributed by atoms with Crippen LogP contribution >= 0.6 is 0 Å². The Kier molecular flexibility index (Phi) is 3.33. The molecule has 0 saturated heterocycles. The van der Waals surface area contributed by atoms with Crippen LogP contribution in [-0.2, 0) is 10.2 Å². The summed E-state index contributed by atoms with van der Waals surface area (Å²) in [6.45, 7) is 6.81. The number of anilines is 1. The number of furan rings is 1. The van der Waals surface area contributed by atoms with Gasteiger partial charge in [0.1, 0.15) is 5.76 Å². The van der Waals surface area contributed by atoms with Crippen molar-refractivity contribution in [3.63, 3.8) is 0 Å². The second-order valence-corrected chi connectivity index (χ2v) is 5.89. The van der Waals surface area contributed by atoms with Gasteiger partial charge in [-0.05, 0) is 49.7 Å². The topological polar surface area (TPSA) is 54.3 Å². The second kappa shape index (κ2) is 5.04. The minimum Gasteiger partial charge on any atom is -0.467 e. The highest BCUT2D eigenvalue weighted by atomic mass is 16.3. The lowest BCUT2D eigenvalue weighted by molar-refractivity contribution is -0.119. The van der Waals surface area contributed by atoms with E-state index < -0.39 is 5.41 Å². The minimum absolute atomic E-state index is 0.00167. The summed E-state index contributed by atoms with van der Waals surface area (Å²) in [4.78, 5) is 12.0. The van der Waals surface area contributed by atoms with Gasteiger partial charge in [-0.15, -0.1) is 0 Å².